The van der Waals surface area contributed by atoms with E-state index >= 15 is 0 Å². The van der Waals surface area contributed by atoms with E-state index in [0.717, 1.165) is 0 Å². The van der Waals surface area contributed by atoms with Crippen molar-refractivity contribution in [2.24, 2.45) is 0 Å². The van der Waals surface area contributed by atoms with Gasteiger partial charge >= 0.3 is 5.97 Å². The lowest BCUT2D eigenvalue weighted by Gasteiger charge is -2.55. The molecular weight excluding hydrogens is 238 g/mol. The maximum absolute atomic E-state index is 12.0. The monoisotopic (exact) mass is 259 g/mol. The van der Waals surface area contributed by atoms with Gasteiger partial charge in [0.15, 0.2) is 5.54 Å². The highest BCUT2D eigenvalue weighted by atomic mass is 16.7. The Labute approximate surface area is 107 Å². The molecule has 0 aromatic carbocycles. The molecule has 18 heavy (non-hydrogen) atoms. The summed E-state index contributed by atoms with van der Waals surface area (Å²) in [6.07, 6.45) is 0.989. The molecule has 6 nitrogen and oxygen atoms in total. The van der Waals surface area contributed by atoms with Gasteiger partial charge in [-0.15, -0.1) is 0 Å². The number of ether oxygens (including phenoxy) is 3. The lowest BCUT2D eigenvalue weighted by Crippen LogP contribution is -2.77. The number of methoxy groups -OCH3 is 1. The Morgan fingerprint density at radius 1 is 1.17 bits per heavy atom. The molecule has 1 fully saturated rings. The third-order valence-electron chi connectivity index (χ3n) is 3.16. The number of carbonyl (C=O) groups is 2. The first-order valence-corrected chi connectivity index (χ1v) is 6.13. The number of carbonyl (C=O) groups excluding carboxylic acids is 2. The van der Waals surface area contributed by atoms with E-state index in [2.05, 4.69) is 5.32 Å². The normalized spacial score (nSPS) is 25.1. The minimum atomic E-state index is -1.24. The molecule has 0 bridgehead atoms. The van der Waals surface area contributed by atoms with Crippen molar-refractivity contribution >= 4 is 11.9 Å². The Hall–Kier alpha value is -1.14. The van der Waals surface area contributed by atoms with Crippen LogP contribution in [-0.4, -0.2) is 43.5 Å². The summed E-state index contributed by atoms with van der Waals surface area (Å²) in [5.41, 5.74) is -1.24. The molecule has 1 aliphatic rings. The molecule has 0 radical (unpaired) electrons. The maximum Gasteiger partial charge on any atom is 0.337 e. The van der Waals surface area contributed by atoms with Crippen molar-refractivity contribution in [2.45, 2.75) is 44.9 Å². The second-order valence-electron chi connectivity index (χ2n) is 4.20. The van der Waals surface area contributed by atoms with Crippen molar-refractivity contribution in [3.8, 4) is 0 Å². The van der Waals surface area contributed by atoms with Crippen LogP contribution in [0.4, 0.5) is 0 Å². The minimum Gasteiger partial charge on any atom is -0.467 e. The topological polar surface area (TPSA) is 73.9 Å². The first-order chi connectivity index (χ1) is 8.48. The van der Waals surface area contributed by atoms with Gasteiger partial charge in [0.25, 0.3) is 0 Å². The van der Waals surface area contributed by atoms with Crippen molar-refractivity contribution in [1.29, 1.82) is 0 Å². The Morgan fingerprint density at radius 3 is 2.00 bits per heavy atom. The van der Waals surface area contributed by atoms with Gasteiger partial charge in [-0.05, 0) is 20.3 Å². The van der Waals surface area contributed by atoms with Gasteiger partial charge in [0.05, 0.1) is 7.11 Å². The molecule has 104 valence electrons. The van der Waals surface area contributed by atoms with Crippen LogP contribution in [-0.2, 0) is 23.8 Å². The van der Waals surface area contributed by atoms with E-state index in [4.69, 9.17) is 14.2 Å². The Morgan fingerprint density at radius 2 is 1.72 bits per heavy atom. The smallest absolute Gasteiger partial charge is 0.337 e. The Balaban J connectivity index is 3.07. The number of hydrogen-bond donors (Lipinski definition) is 1. The quantitative estimate of drug-likeness (QED) is 0.558. The van der Waals surface area contributed by atoms with E-state index in [0.29, 0.717) is 26.1 Å². The summed E-state index contributed by atoms with van der Waals surface area (Å²) in [7, 11) is 1.28. The van der Waals surface area contributed by atoms with Crippen LogP contribution in [0.2, 0.25) is 0 Å². The highest BCUT2D eigenvalue weighted by Crippen LogP contribution is 2.47. The van der Waals surface area contributed by atoms with Gasteiger partial charge in [-0.2, -0.15) is 0 Å². The van der Waals surface area contributed by atoms with E-state index in [1.807, 2.05) is 13.8 Å². The van der Waals surface area contributed by atoms with Gasteiger partial charge in [0, 0.05) is 26.6 Å². The molecule has 1 N–H and O–H groups in total. The van der Waals surface area contributed by atoms with Gasteiger partial charge in [-0.25, -0.2) is 4.79 Å². The van der Waals surface area contributed by atoms with E-state index in [9.17, 15) is 9.59 Å². The molecule has 6 heteroatoms. The molecule has 0 saturated heterocycles. The molecule has 0 spiro atoms. The van der Waals surface area contributed by atoms with E-state index in [1.165, 1.54) is 14.0 Å². The van der Waals surface area contributed by atoms with E-state index in [-0.39, 0.29) is 5.91 Å². The molecular formula is C12H21NO5. The zero-order valence-electron chi connectivity index (χ0n) is 11.4. The predicted octanol–water partition coefficient (Wildman–Crippen LogP) is 0.597. The fourth-order valence-corrected chi connectivity index (χ4v) is 2.42. The number of rotatable bonds is 6. The molecule has 0 heterocycles. The number of hydrogen-bond acceptors (Lipinski definition) is 5. The SMILES string of the molecule is CCOC1(OCC)CCC1(NC(C)=O)C(=O)OC. The van der Waals surface area contributed by atoms with E-state index in [1.54, 1.807) is 0 Å². The first kappa shape index (κ1) is 14.9. The van der Waals surface area contributed by atoms with Crippen LogP contribution in [0.25, 0.3) is 0 Å². The lowest BCUT2D eigenvalue weighted by atomic mass is 9.69. The Bertz CT molecular complexity index is 324. The lowest BCUT2D eigenvalue weighted by molar-refractivity contribution is -0.317. The van der Waals surface area contributed by atoms with Gasteiger partial charge in [-0.3, -0.25) is 4.79 Å². The molecule has 0 aliphatic heterocycles. The summed E-state index contributed by atoms with van der Waals surface area (Å²) in [6.45, 7) is 5.76. The molecule has 1 rings (SSSR count). The summed E-state index contributed by atoms with van der Waals surface area (Å²) < 4.78 is 16.0. The second kappa shape index (κ2) is 5.67. The molecule has 1 aliphatic carbocycles. The van der Waals surface area contributed by atoms with Crippen molar-refractivity contribution in [3.63, 3.8) is 0 Å². The third-order valence-corrected chi connectivity index (χ3v) is 3.16. The molecule has 1 saturated carbocycles. The molecule has 0 aromatic rings. The highest BCUT2D eigenvalue weighted by Gasteiger charge is 2.68. The molecule has 0 aromatic heterocycles. The standard InChI is InChI=1S/C12H21NO5/c1-5-17-12(18-6-2)8-7-11(12,10(15)16-4)13-9(3)14/h5-8H2,1-4H3,(H,13,14). The molecule has 1 atom stereocenters. The maximum atomic E-state index is 12.0. The van der Waals surface area contributed by atoms with Crippen molar-refractivity contribution < 1.29 is 23.8 Å². The van der Waals surface area contributed by atoms with Crippen LogP contribution in [0.3, 0.4) is 0 Å². The summed E-state index contributed by atoms with van der Waals surface area (Å²) in [6, 6.07) is 0. The third kappa shape index (κ3) is 2.22. The van der Waals surface area contributed by atoms with Crippen molar-refractivity contribution in [1.82, 2.24) is 5.32 Å². The summed E-state index contributed by atoms with van der Waals surface area (Å²) in [4.78, 5) is 23.4. The van der Waals surface area contributed by atoms with Crippen molar-refractivity contribution in [2.75, 3.05) is 20.3 Å². The summed E-state index contributed by atoms with van der Waals surface area (Å²) in [5, 5.41) is 2.64. The van der Waals surface area contributed by atoms with Gasteiger partial charge in [0.2, 0.25) is 11.7 Å². The van der Waals surface area contributed by atoms with Crippen LogP contribution in [0.15, 0.2) is 0 Å². The minimum absolute atomic E-state index is 0.316. The summed E-state index contributed by atoms with van der Waals surface area (Å²) >= 11 is 0. The molecule has 1 unspecified atom stereocenters. The van der Waals surface area contributed by atoms with Crippen LogP contribution >= 0.6 is 0 Å². The Kier molecular flexibility index (Phi) is 4.70. The van der Waals surface area contributed by atoms with Gasteiger partial charge in [-0.1, -0.05) is 0 Å². The van der Waals surface area contributed by atoms with Crippen molar-refractivity contribution in [3.05, 3.63) is 0 Å². The predicted molar refractivity (Wildman–Crippen MR) is 63.8 cm³/mol. The van der Waals surface area contributed by atoms with Gasteiger partial charge < -0.3 is 19.5 Å². The van der Waals surface area contributed by atoms with Crippen LogP contribution < -0.4 is 5.32 Å². The molecule has 1 amide bonds. The zero-order valence-corrected chi connectivity index (χ0v) is 11.4. The fraction of sp³-hybridized carbons (Fsp3) is 0.833. The van der Waals surface area contributed by atoms with E-state index < -0.39 is 17.3 Å². The fourth-order valence-electron chi connectivity index (χ4n) is 2.42. The number of nitrogens with one attached hydrogen (secondary N) is 1. The highest BCUT2D eigenvalue weighted by molar-refractivity contribution is 5.89. The van der Waals surface area contributed by atoms with Gasteiger partial charge in [0.1, 0.15) is 0 Å². The second-order valence-corrected chi connectivity index (χ2v) is 4.20. The average Bonchev–Trinajstić information content (AvgIpc) is 2.32. The zero-order chi connectivity index (χ0) is 13.8. The number of esters is 1. The van der Waals surface area contributed by atoms with Crippen LogP contribution in [0.5, 0.6) is 0 Å². The van der Waals surface area contributed by atoms with Crippen LogP contribution in [0, 0.1) is 0 Å². The average molecular weight is 259 g/mol. The largest absolute Gasteiger partial charge is 0.467 e. The number of amides is 1. The first-order valence-electron chi connectivity index (χ1n) is 6.13. The summed E-state index contributed by atoms with van der Waals surface area (Å²) in [5.74, 6) is -1.97. The van der Waals surface area contributed by atoms with Crippen LogP contribution in [0.1, 0.15) is 33.6 Å².